The number of anilines is 1. The fourth-order valence-corrected chi connectivity index (χ4v) is 2.74. The average molecular weight is 306 g/mol. The topological polar surface area (TPSA) is 51.2 Å². The van der Waals surface area contributed by atoms with Crippen molar-refractivity contribution in [3.05, 3.63) is 65.4 Å². The molecule has 0 atom stereocenters. The molecule has 3 rings (SSSR count). The minimum atomic E-state index is -0.200. The van der Waals surface area contributed by atoms with Crippen LogP contribution in [-0.2, 0) is 0 Å². The SMILES string of the molecule is COc1ccccc1C(=O)Nc1ccnc2c(C)cc(C)cc12. The van der Waals surface area contributed by atoms with Crippen molar-refractivity contribution < 1.29 is 9.53 Å². The molecule has 0 saturated carbocycles. The van der Waals surface area contributed by atoms with Gasteiger partial charge in [0.2, 0.25) is 0 Å². The lowest BCUT2D eigenvalue weighted by molar-refractivity contribution is 0.102. The zero-order valence-electron chi connectivity index (χ0n) is 13.4. The van der Waals surface area contributed by atoms with Crippen molar-refractivity contribution >= 4 is 22.5 Å². The molecule has 1 amide bonds. The quantitative estimate of drug-likeness (QED) is 0.792. The molecule has 0 radical (unpaired) electrons. The van der Waals surface area contributed by atoms with E-state index in [0.29, 0.717) is 11.3 Å². The molecule has 0 spiro atoms. The molecule has 2 aromatic carbocycles. The number of pyridine rings is 1. The Morgan fingerprint density at radius 3 is 2.70 bits per heavy atom. The van der Waals surface area contributed by atoms with E-state index in [1.807, 2.05) is 38.1 Å². The third-order valence-electron chi connectivity index (χ3n) is 3.78. The average Bonchev–Trinajstić information content (AvgIpc) is 2.55. The highest BCUT2D eigenvalue weighted by atomic mass is 16.5. The normalized spacial score (nSPS) is 10.6. The molecule has 0 bridgehead atoms. The van der Waals surface area contributed by atoms with Gasteiger partial charge in [-0.15, -0.1) is 0 Å². The zero-order chi connectivity index (χ0) is 16.4. The lowest BCUT2D eigenvalue weighted by atomic mass is 10.1. The molecular weight excluding hydrogens is 288 g/mol. The number of aromatic nitrogens is 1. The van der Waals surface area contributed by atoms with E-state index in [1.54, 1.807) is 25.4 Å². The molecule has 4 nitrogen and oxygen atoms in total. The van der Waals surface area contributed by atoms with Crippen LogP contribution in [0.5, 0.6) is 5.75 Å². The van der Waals surface area contributed by atoms with Gasteiger partial charge in [0.25, 0.3) is 5.91 Å². The van der Waals surface area contributed by atoms with Gasteiger partial charge in [0, 0.05) is 11.6 Å². The fourth-order valence-electron chi connectivity index (χ4n) is 2.74. The summed E-state index contributed by atoms with van der Waals surface area (Å²) in [4.78, 5) is 17.0. The van der Waals surface area contributed by atoms with Gasteiger partial charge in [0.05, 0.1) is 23.9 Å². The Hall–Kier alpha value is -2.88. The van der Waals surface area contributed by atoms with Gasteiger partial charge < -0.3 is 10.1 Å². The number of amides is 1. The molecule has 1 N–H and O–H groups in total. The number of para-hydroxylation sites is 1. The lowest BCUT2D eigenvalue weighted by Crippen LogP contribution is -2.13. The minimum Gasteiger partial charge on any atom is -0.496 e. The van der Waals surface area contributed by atoms with Crippen molar-refractivity contribution in [2.75, 3.05) is 12.4 Å². The molecule has 0 aliphatic carbocycles. The van der Waals surface area contributed by atoms with E-state index in [2.05, 4.69) is 16.4 Å². The second kappa shape index (κ2) is 6.08. The number of fused-ring (bicyclic) bond motifs is 1. The predicted molar refractivity (Wildman–Crippen MR) is 92.2 cm³/mol. The highest BCUT2D eigenvalue weighted by Crippen LogP contribution is 2.27. The first-order chi connectivity index (χ1) is 11.1. The molecule has 0 unspecified atom stereocenters. The molecule has 0 fully saturated rings. The van der Waals surface area contributed by atoms with Crippen LogP contribution < -0.4 is 10.1 Å². The first kappa shape index (κ1) is 15.0. The van der Waals surface area contributed by atoms with E-state index in [9.17, 15) is 4.79 Å². The van der Waals surface area contributed by atoms with Crippen LogP contribution in [0.15, 0.2) is 48.7 Å². The van der Waals surface area contributed by atoms with Crippen LogP contribution in [0, 0.1) is 13.8 Å². The summed E-state index contributed by atoms with van der Waals surface area (Å²) < 4.78 is 5.26. The molecule has 4 heteroatoms. The second-order valence-corrected chi connectivity index (χ2v) is 5.49. The Morgan fingerprint density at radius 1 is 1.13 bits per heavy atom. The maximum Gasteiger partial charge on any atom is 0.259 e. The summed E-state index contributed by atoms with van der Waals surface area (Å²) in [6.07, 6.45) is 1.71. The third kappa shape index (κ3) is 2.88. The van der Waals surface area contributed by atoms with Gasteiger partial charge >= 0.3 is 0 Å². The van der Waals surface area contributed by atoms with Crippen LogP contribution in [-0.4, -0.2) is 18.0 Å². The molecule has 0 aliphatic rings. The van der Waals surface area contributed by atoms with Crippen LogP contribution >= 0.6 is 0 Å². The van der Waals surface area contributed by atoms with Crippen LogP contribution in [0.3, 0.4) is 0 Å². The molecule has 0 aliphatic heterocycles. The number of hydrogen-bond acceptors (Lipinski definition) is 3. The van der Waals surface area contributed by atoms with Gasteiger partial charge in [-0.25, -0.2) is 0 Å². The van der Waals surface area contributed by atoms with Gasteiger partial charge in [-0.2, -0.15) is 0 Å². The summed E-state index contributed by atoms with van der Waals surface area (Å²) in [5.41, 5.74) is 4.37. The maximum atomic E-state index is 12.6. The highest BCUT2D eigenvalue weighted by Gasteiger charge is 2.13. The molecule has 0 saturated heterocycles. The Balaban J connectivity index is 2.03. The van der Waals surface area contributed by atoms with E-state index in [-0.39, 0.29) is 5.91 Å². The van der Waals surface area contributed by atoms with Crippen LogP contribution in [0.4, 0.5) is 5.69 Å². The standard InChI is InChI=1S/C19H18N2O2/c1-12-10-13(2)18-15(11-12)16(8-9-20-18)21-19(22)14-6-4-5-7-17(14)23-3/h4-11H,1-3H3,(H,20,21,22). The van der Waals surface area contributed by atoms with Crippen molar-refractivity contribution in [3.63, 3.8) is 0 Å². The summed E-state index contributed by atoms with van der Waals surface area (Å²) in [7, 11) is 1.56. The van der Waals surface area contributed by atoms with Crippen molar-refractivity contribution in [2.45, 2.75) is 13.8 Å². The van der Waals surface area contributed by atoms with Gasteiger partial charge in [-0.05, 0) is 43.7 Å². The van der Waals surface area contributed by atoms with E-state index in [4.69, 9.17) is 4.74 Å². The molecule has 116 valence electrons. The van der Waals surface area contributed by atoms with E-state index >= 15 is 0 Å². The first-order valence-corrected chi connectivity index (χ1v) is 7.40. The number of nitrogens with one attached hydrogen (secondary N) is 1. The first-order valence-electron chi connectivity index (χ1n) is 7.40. The van der Waals surface area contributed by atoms with E-state index < -0.39 is 0 Å². The van der Waals surface area contributed by atoms with E-state index in [0.717, 1.165) is 27.7 Å². The predicted octanol–water partition coefficient (Wildman–Crippen LogP) is 4.11. The zero-order valence-corrected chi connectivity index (χ0v) is 13.4. The molecular formula is C19H18N2O2. The molecule has 1 heterocycles. The smallest absolute Gasteiger partial charge is 0.259 e. The molecule has 23 heavy (non-hydrogen) atoms. The number of nitrogens with zero attached hydrogens (tertiary/aromatic N) is 1. The Labute approximate surface area is 135 Å². The van der Waals surface area contributed by atoms with Crippen LogP contribution in [0.25, 0.3) is 10.9 Å². The summed E-state index contributed by atoms with van der Waals surface area (Å²) in [6, 6.07) is 13.1. The van der Waals surface area contributed by atoms with Crippen molar-refractivity contribution in [1.82, 2.24) is 4.98 Å². The summed E-state index contributed by atoms with van der Waals surface area (Å²) >= 11 is 0. The number of methoxy groups -OCH3 is 1. The number of benzene rings is 2. The maximum absolute atomic E-state index is 12.6. The number of hydrogen-bond donors (Lipinski definition) is 1. The Kier molecular flexibility index (Phi) is 3.98. The number of aryl methyl sites for hydroxylation is 2. The summed E-state index contributed by atoms with van der Waals surface area (Å²) in [6.45, 7) is 4.05. The molecule has 3 aromatic rings. The van der Waals surface area contributed by atoms with Gasteiger partial charge in [-0.3, -0.25) is 9.78 Å². The van der Waals surface area contributed by atoms with Gasteiger partial charge in [0.1, 0.15) is 5.75 Å². The monoisotopic (exact) mass is 306 g/mol. The van der Waals surface area contributed by atoms with Crippen molar-refractivity contribution in [3.8, 4) is 5.75 Å². The van der Waals surface area contributed by atoms with Crippen LogP contribution in [0.1, 0.15) is 21.5 Å². The number of ether oxygens (including phenoxy) is 1. The third-order valence-corrected chi connectivity index (χ3v) is 3.78. The van der Waals surface area contributed by atoms with Gasteiger partial charge in [-0.1, -0.05) is 23.8 Å². The number of rotatable bonds is 3. The van der Waals surface area contributed by atoms with Gasteiger partial charge in [0.15, 0.2) is 0 Å². The minimum absolute atomic E-state index is 0.200. The Bertz CT molecular complexity index is 888. The lowest BCUT2D eigenvalue weighted by Gasteiger charge is -2.12. The highest BCUT2D eigenvalue weighted by molar-refractivity contribution is 6.10. The van der Waals surface area contributed by atoms with Crippen LogP contribution in [0.2, 0.25) is 0 Å². The number of carbonyl (C=O) groups is 1. The van der Waals surface area contributed by atoms with Crippen molar-refractivity contribution in [1.29, 1.82) is 0 Å². The van der Waals surface area contributed by atoms with E-state index in [1.165, 1.54) is 0 Å². The summed E-state index contributed by atoms with van der Waals surface area (Å²) in [5, 5.41) is 3.91. The largest absolute Gasteiger partial charge is 0.496 e. The fraction of sp³-hybridized carbons (Fsp3) is 0.158. The Morgan fingerprint density at radius 2 is 1.91 bits per heavy atom. The second-order valence-electron chi connectivity index (χ2n) is 5.49. The molecule has 1 aromatic heterocycles. The summed E-state index contributed by atoms with van der Waals surface area (Å²) in [5.74, 6) is 0.352. The van der Waals surface area contributed by atoms with Crippen molar-refractivity contribution in [2.24, 2.45) is 0 Å². The number of carbonyl (C=O) groups excluding carboxylic acids is 1.